The molecule has 1 fully saturated rings. The summed E-state index contributed by atoms with van der Waals surface area (Å²) < 4.78 is 2.84. The molecule has 0 radical (unpaired) electrons. The summed E-state index contributed by atoms with van der Waals surface area (Å²) in [5.74, 6) is 2.41. The number of aromatic amines is 1. The Bertz CT molecular complexity index is 462. The largest absolute Gasteiger partial charge is 0.338 e. The highest BCUT2D eigenvalue weighted by Crippen LogP contribution is 2.31. The molecule has 1 aromatic heterocycles. The van der Waals surface area contributed by atoms with E-state index >= 15 is 0 Å². The summed E-state index contributed by atoms with van der Waals surface area (Å²) in [5.41, 5.74) is 0. The Balaban J connectivity index is 2.38. The molecule has 0 bridgehead atoms. The van der Waals surface area contributed by atoms with Gasteiger partial charge in [0.15, 0.2) is 4.77 Å². The third-order valence-corrected chi connectivity index (χ3v) is 4.34. The highest BCUT2D eigenvalue weighted by molar-refractivity contribution is 7.71. The van der Waals surface area contributed by atoms with Gasteiger partial charge >= 0.3 is 0 Å². The summed E-state index contributed by atoms with van der Waals surface area (Å²) in [6, 6.07) is 0.856. The van der Waals surface area contributed by atoms with Crippen LogP contribution in [0, 0.1) is 16.6 Å². The first-order valence-electron chi connectivity index (χ1n) is 6.85. The zero-order valence-electron chi connectivity index (χ0n) is 12.0. The van der Waals surface area contributed by atoms with Crippen molar-refractivity contribution in [1.29, 1.82) is 0 Å². The zero-order chi connectivity index (χ0) is 13.4. The van der Waals surface area contributed by atoms with E-state index in [4.69, 9.17) is 12.2 Å². The van der Waals surface area contributed by atoms with Crippen molar-refractivity contribution < 1.29 is 0 Å². The van der Waals surface area contributed by atoms with Gasteiger partial charge in [-0.1, -0.05) is 13.8 Å². The van der Waals surface area contributed by atoms with Crippen LogP contribution in [0.25, 0.3) is 0 Å². The number of hydrogen-bond donors (Lipinski definition) is 1. The summed E-state index contributed by atoms with van der Waals surface area (Å²) >= 11 is 5.33. The molecule has 3 unspecified atom stereocenters. The summed E-state index contributed by atoms with van der Waals surface area (Å²) in [6.07, 6.45) is 1.30. The van der Waals surface area contributed by atoms with E-state index in [1.807, 2.05) is 0 Å². The smallest absolute Gasteiger partial charge is 0.226 e. The number of nitrogens with zero attached hydrogens (tertiary/aromatic N) is 3. The maximum Gasteiger partial charge on any atom is 0.226 e. The topological polar surface area (TPSA) is 36.9 Å². The average molecular weight is 268 g/mol. The molecule has 5 heteroatoms. The number of anilines is 1. The first kappa shape index (κ1) is 13.6. The van der Waals surface area contributed by atoms with Gasteiger partial charge in [0, 0.05) is 18.6 Å². The first-order chi connectivity index (χ1) is 8.41. The lowest BCUT2D eigenvalue weighted by molar-refractivity contribution is 0.290. The Labute approximate surface area is 114 Å². The standard InChI is InChI=1S/C13H24N4S/c1-8(2)17-12(14-15-13(17)18)16-7-9(3)6-10(4)11(16)5/h8-11H,6-7H2,1-5H3,(H,15,18). The van der Waals surface area contributed by atoms with Crippen molar-refractivity contribution in [3.05, 3.63) is 4.77 Å². The fourth-order valence-corrected chi connectivity index (χ4v) is 3.28. The van der Waals surface area contributed by atoms with Gasteiger partial charge in [0.05, 0.1) is 0 Å². The molecule has 1 aromatic rings. The van der Waals surface area contributed by atoms with Gasteiger partial charge in [0.25, 0.3) is 0 Å². The SMILES string of the molecule is CC1CC(C)C(C)N(c2n[nH]c(=S)n2C(C)C)C1. The van der Waals surface area contributed by atoms with Gasteiger partial charge in [-0.15, -0.1) is 5.10 Å². The van der Waals surface area contributed by atoms with Crippen LogP contribution in [0.1, 0.15) is 47.1 Å². The molecule has 4 nitrogen and oxygen atoms in total. The van der Waals surface area contributed by atoms with Crippen LogP contribution >= 0.6 is 12.2 Å². The van der Waals surface area contributed by atoms with E-state index < -0.39 is 0 Å². The second-order valence-electron chi connectivity index (χ2n) is 6.00. The molecule has 2 heterocycles. The molecule has 0 aromatic carbocycles. The molecule has 1 saturated heterocycles. The van der Waals surface area contributed by atoms with Gasteiger partial charge in [-0.2, -0.15) is 0 Å². The minimum atomic E-state index is 0.339. The molecule has 1 N–H and O–H groups in total. The van der Waals surface area contributed by atoms with Crippen LogP contribution in [-0.2, 0) is 0 Å². The molecule has 0 aliphatic carbocycles. The van der Waals surface area contributed by atoms with E-state index in [-0.39, 0.29) is 0 Å². The van der Waals surface area contributed by atoms with E-state index in [0.29, 0.717) is 23.9 Å². The van der Waals surface area contributed by atoms with E-state index in [9.17, 15) is 0 Å². The van der Waals surface area contributed by atoms with Crippen molar-refractivity contribution in [2.75, 3.05) is 11.4 Å². The Kier molecular flexibility index (Phi) is 3.80. The molecule has 102 valence electrons. The van der Waals surface area contributed by atoms with E-state index in [2.05, 4.69) is 54.3 Å². The molecule has 0 saturated carbocycles. The maximum atomic E-state index is 5.33. The van der Waals surface area contributed by atoms with Crippen LogP contribution in [-0.4, -0.2) is 27.4 Å². The van der Waals surface area contributed by atoms with E-state index in [1.165, 1.54) is 6.42 Å². The molecule has 0 amide bonds. The van der Waals surface area contributed by atoms with Gasteiger partial charge in [-0.3, -0.25) is 4.57 Å². The minimum Gasteiger partial charge on any atom is -0.338 e. The third-order valence-electron chi connectivity index (χ3n) is 4.06. The van der Waals surface area contributed by atoms with Crippen molar-refractivity contribution in [3.63, 3.8) is 0 Å². The van der Waals surface area contributed by atoms with E-state index in [0.717, 1.165) is 17.3 Å². The van der Waals surface area contributed by atoms with Gasteiger partial charge in [-0.05, 0) is 51.2 Å². The van der Waals surface area contributed by atoms with Crippen molar-refractivity contribution >= 4 is 18.2 Å². The molecular weight excluding hydrogens is 244 g/mol. The normalized spacial score (nSPS) is 29.0. The maximum absolute atomic E-state index is 5.33. The lowest BCUT2D eigenvalue weighted by Crippen LogP contribution is -2.47. The fourth-order valence-electron chi connectivity index (χ4n) is 2.94. The number of piperidine rings is 1. The highest BCUT2D eigenvalue weighted by atomic mass is 32.1. The van der Waals surface area contributed by atoms with Crippen LogP contribution < -0.4 is 4.90 Å². The highest BCUT2D eigenvalue weighted by Gasteiger charge is 2.31. The zero-order valence-corrected chi connectivity index (χ0v) is 12.8. The fraction of sp³-hybridized carbons (Fsp3) is 0.846. The van der Waals surface area contributed by atoms with Crippen LogP contribution in [0.3, 0.4) is 0 Å². The van der Waals surface area contributed by atoms with Gasteiger partial charge in [0.1, 0.15) is 0 Å². The molecule has 3 atom stereocenters. The predicted molar refractivity (Wildman–Crippen MR) is 77.5 cm³/mol. The Hall–Kier alpha value is -0.840. The second kappa shape index (κ2) is 5.03. The van der Waals surface area contributed by atoms with Crippen molar-refractivity contribution in [2.45, 2.75) is 53.1 Å². The number of rotatable bonds is 2. The van der Waals surface area contributed by atoms with Gasteiger partial charge in [-0.25, -0.2) is 5.10 Å². The molecule has 1 aliphatic heterocycles. The molecule has 2 rings (SSSR count). The first-order valence-corrected chi connectivity index (χ1v) is 7.26. The summed E-state index contributed by atoms with van der Waals surface area (Å²) in [6.45, 7) is 12.3. The minimum absolute atomic E-state index is 0.339. The van der Waals surface area contributed by atoms with Gasteiger partial charge in [0.2, 0.25) is 5.95 Å². The number of nitrogens with one attached hydrogen (secondary N) is 1. The second-order valence-corrected chi connectivity index (χ2v) is 6.39. The number of H-pyrrole nitrogens is 1. The van der Waals surface area contributed by atoms with Crippen molar-refractivity contribution in [1.82, 2.24) is 14.8 Å². The van der Waals surface area contributed by atoms with Crippen molar-refractivity contribution in [2.24, 2.45) is 11.8 Å². The molecule has 0 spiro atoms. The number of hydrogen-bond acceptors (Lipinski definition) is 3. The summed E-state index contributed by atoms with van der Waals surface area (Å²) in [4.78, 5) is 2.41. The number of aromatic nitrogens is 3. The monoisotopic (exact) mass is 268 g/mol. The average Bonchev–Trinajstić information content (AvgIpc) is 2.65. The molecule has 18 heavy (non-hydrogen) atoms. The Morgan fingerprint density at radius 2 is 2.00 bits per heavy atom. The lowest BCUT2D eigenvalue weighted by Gasteiger charge is -2.41. The Morgan fingerprint density at radius 1 is 1.33 bits per heavy atom. The molecule has 1 aliphatic rings. The van der Waals surface area contributed by atoms with Crippen LogP contribution in [0.2, 0.25) is 0 Å². The van der Waals surface area contributed by atoms with Gasteiger partial charge < -0.3 is 4.90 Å². The van der Waals surface area contributed by atoms with E-state index in [1.54, 1.807) is 0 Å². The van der Waals surface area contributed by atoms with Crippen LogP contribution in [0.5, 0.6) is 0 Å². The third kappa shape index (κ3) is 2.32. The summed E-state index contributed by atoms with van der Waals surface area (Å²) in [5, 5.41) is 7.39. The van der Waals surface area contributed by atoms with Crippen molar-refractivity contribution in [3.8, 4) is 0 Å². The summed E-state index contributed by atoms with van der Waals surface area (Å²) in [7, 11) is 0. The molecular formula is C13H24N4S. The predicted octanol–water partition coefficient (Wildman–Crippen LogP) is 3.39. The quantitative estimate of drug-likeness (QED) is 0.835. The van der Waals surface area contributed by atoms with Crippen LogP contribution in [0.4, 0.5) is 5.95 Å². The Morgan fingerprint density at radius 3 is 2.61 bits per heavy atom. The lowest BCUT2D eigenvalue weighted by atomic mass is 9.86. The van der Waals surface area contributed by atoms with Crippen LogP contribution in [0.15, 0.2) is 0 Å².